The minimum Gasteiger partial charge on any atom is -0.460 e. The van der Waals surface area contributed by atoms with Crippen LogP contribution in [0.2, 0.25) is 0 Å². The summed E-state index contributed by atoms with van der Waals surface area (Å²) in [5, 5.41) is 0. The first-order valence-electron chi connectivity index (χ1n) is 9.01. The molecule has 2 saturated carbocycles. The van der Waals surface area contributed by atoms with E-state index in [1.807, 2.05) is 20.8 Å². The molecule has 2 unspecified atom stereocenters. The van der Waals surface area contributed by atoms with Crippen LogP contribution in [0, 0.1) is 23.2 Å². The average Bonchev–Trinajstić information content (AvgIpc) is 2.76. The molecule has 0 N–H and O–H groups in total. The highest BCUT2D eigenvalue weighted by Gasteiger charge is 2.50. The summed E-state index contributed by atoms with van der Waals surface area (Å²) in [6.07, 6.45) is 11.6. The van der Waals surface area contributed by atoms with Gasteiger partial charge in [0.1, 0.15) is 5.60 Å². The van der Waals surface area contributed by atoms with E-state index in [0.717, 1.165) is 12.8 Å². The van der Waals surface area contributed by atoms with Crippen molar-refractivity contribution in [1.82, 2.24) is 0 Å². The summed E-state index contributed by atoms with van der Waals surface area (Å²) in [6.45, 7) is 8.22. The van der Waals surface area contributed by atoms with Gasteiger partial charge in [-0.1, -0.05) is 34.5 Å². The third-order valence-corrected chi connectivity index (χ3v) is 6.46. The van der Waals surface area contributed by atoms with Gasteiger partial charge in [0.05, 0.1) is 5.92 Å². The third-order valence-electron chi connectivity index (χ3n) is 5.96. The quantitative estimate of drug-likeness (QED) is 0.539. The van der Waals surface area contributed by atoms with Crippen molar-refractivity contribution in [2.75, 3.05) is 0 Å². The highest BCUT2D eigenvalue weighted by molar-refractivity contribution is 9.11. The first-order chi connectivity index (χ1) is 10.7. The number of halogens is 1. The Morgan fingerprint density at radius 3 is 2.52 bits per heavy atom. The zero-order valence-corrected chi connectivity index (χ0v) is 16.4. The number of carbonyl (C=O) groups is 1. The molecule has 0 aromatic rings. The molecule has 3 heteroatoms. The van der Waals surface area contributed by atoms with Crippen molar-refractivity contribution in [2.45, 2.75) is 71.8 Å². The van der Waals surface area contributed by atoms with E-state index < -0.39 is 0 Å². The summed E-state index contributed by atoms with van der Waals surface area (Å²) in [6, 6.07) is 0. The number of fused-ring (bicyclic) bond motifs is 2. The topological polar surface area (TPSA) is 26.3 Å². The number of ether oxygens (including phenoxy) is 1. The van der Waals surface area contributed by atoms with Crippen LogP contribution in [0.25, 0.3) is 0 Å². The van der Waals surface area contributed by atoms with Crippen LogP contribution in [-0.4, -0.2) is 11.6 Å². The molecule has 2 nitrogen and oxygen atoms in total. The van der Waals surface area contributed by atoms with Gasteiger partial charge in [-0.3, -0.25) is 4.79 Å². The van der Waals surface area contributed by atoms with Gasteiger partial charge in [-0.25, -0.2) is 0 Å². The average molecular weight is 381 g/mol. The molecule has 0 radical (unpaired) electrons. The van der Waals surface area contributed by atoms with Crippen LogP contribution in [-0.2, 0) is 9.53 Å². The molecule has 0 amide bonds. The number of hydrogen-bond donors (Lipinski definition) is 0. The molecule has 0 aliphatic heterocycles. The van der Waals surface area contributed by atoms with E-state index in [0.29, 0.717) is 17.3 Å². The number of carbonyl (C=O) groups excluding carboxylic acids is 1. The first-order valence-corrected chi connectivity index (χ1v) is 9.80. The molecule has 0 aromatic heterocycles. The molecular formula is C20H29BrO2. The largest absolute Gasteiger partial charge is 0.460 e. The number of esters is 1. The first kappa shape index (κ1) is 17.3. The second kappa shape index (κ2) is 6.06. The summed E-state index contributed by atoms with van der Waals surface area (Å²) in [5.41, 5.74) is 1.68. The molecule has 3 rings (SSSR count). The molecule has 23 heavy (non-hydrogen) atoms. The second-order valence-electron chi connectivity index (χ2n) is 8.78. The van der Waals surface area contributed by atoms with E-state index >= 15 is 0 Å². The molecule has 128 valence electrons. The smallest absolute Gasteiger partial charge is 0.309 e. The van der Waals surface area contributed by atoms with Gasteiger partial charge in [0.15, 0.2) is 0 Å². The van der Waals surface area contributed by atoms with Gasteiger partial charge in [-0.2, -0.15) is 0 Å². The standard InChI is InChI=1S/C20H29BrO2/c1-13-11-16(21)12-15-7-10-20(17(13)15)8-5-14(6-9-20)18(22)23-19(2,3)4/h11-14,17H,5-10H2,1-4H3. The Balaban J connectivity index is 1.67. The molecular weight excluding hydrogens is 352 g/mol. The van der Waals surface area contributed by atoms with Crippen LogP contribution < -0.4 is 0 Å². The molecule has 3 aliphatic carbocycles. The van der Waals surface area contributed by atoms with Crippen LogP contribution in [0.1, 0.15) is 66.2 Å². The predicted octanol–water partition coefficient (Wildman–Crippen LogP) is 5.77. The molecule has 0 saturated heterocycles. The monoisotopic (exact) mass is 380 g/mol. The van der Waals surface area contributed by atoms with Crippen molar-refractivity contribution >= 4 is 21.9 Å². The highest BCUT2D eigenvalue weighted by Crippen LogP contribution is 2.60. The van der Waals surface area contributed by atoms with Crippen LogP contribution in [0.3, 0.4) is 0 Å². The fourth-order valence-electron chi connectivity index (χ4n) is 5.10. The normalized spacial score (nSPS) is 37.2. The molecule has 3 aliphatic rings. The highest BCUT2D eigenvalue weighted by atomic mass is 79.9. The Morgan fingerprint density at radius 1 is 1.26 bits per heavy atom. The van der Waals surface area contributed by atoms with E-state index in [1.165, 1.54) is 30.2 Å². The summed E-state index contributed by atoms with van der Waals surface area (Å²) < 4.78 is 6.85. The third kappa shape index (κ3) is 3.45. The van der Waals surface area contributed by atoms with Gasteiger partial charge < -0.3 is 4.74 Å². The summed E-state index contributed by atoms with van der Waals surface area (Å²) >= 11 is 3.66. The zero-order valence-electron chi connectivity index (χ0n) is 14.8. The lowest BCUT2D eigenvalue weighted by Crippen LogP contribution is -2.38. The fraction of sp³-hybridized carbons (Fsp3) is 0.750. The van der Waals surface area contributed by atoms with Crippen molar-refractivity contribution in [2.24, 2.45) is 23.2 Å². The molecule has 2 fully saturated rings. The fourth-order valence-corrected chi connectivity index (χ4v) is 5.81. The van der Waals surface area contributed by atoms with Gasteiger partial charge in [-0.15, -0.1) is 0 Å². The van der Waals surface area contributed by atoms with Gasteiger partial charge >= 0.3 is 5.97 Å². The minimum absolute atomic E-state index is 0.0143. The van der Waals surface area contributed by atoms with Crippen molar-refractivity contribution in [3.05, 3.63) is 22.2 Å². The van der Waals surface area contributed by atoms with Gasteiger partial charge in [0.2, 0.25) is 0 Å². The Kier molecular flexibility index (Phi) is 4.54. The molecule has 0 heterocycles. The summed E-state index contributed by atoms with van der Waals surface area (Å²) in [5.74, 6) is 1.41. The van der Waals surface area contributed by atoms with E-state index in [4.69, 9.17) is 4.74 Å². The van der Waals surface area contributed by atoms with E-state index in [9.17, 15) is 4.79 Å². The summed E-state index contributed by atoms with van der Waals surface area (Å²) in [7, 11) is 0. The van der Waals surface area contributed by atoms with Gasteiger partial charge in [0.25, 0.3) is 0 Å². The van der Waals surface area contributed by atoms with Crippen molar-refractivity contribution in [3.8, 4) is 0 Å². The van der Waals surface area contributed by atoms with Crippen LogP contribution >= 0.6 is 15.9 Å². The van der Waals surface area contributed by atoms with Crippen LogP contribution in [0.15, 0.2) is 22.2 Å². The zero-order chi connectivity index (χ0) is 16.8. The van der Waals surface area contributed by atoms with E-state index in [-0.39, 0.29) is 17.5 Å². The van der Waals surface area contributed by atoms with Gasteiger partial charge in [-0.05, 0) is 82.6 Å². The van der Waals surface area contributed by atoms with E-state index in [1.54, 1.807) is 5.57 Å². The van der Waals surface area contributed by atoms with Crippen molar-refractivity contribution in [1.29, 1.82) is 0 Å². The Labute approximate surface area is 148 Å². The number of rotatable bonds is 1. The predicted molar refractivity (Wildman–Crippen MR) is 97.2 cm³/mol. The summed E-state index contributed by atoms with van der Waals surface area (Å²) in [4.78, 5) is 12.4. The molecule has 0 bridgehead atoms. The maximum atomic E-state index is 12.4. The minimum atomic E-state index is -0.371. The lowest BCUT2D eigenvalue weighted by atomic mass is 9.61. The van der Waals surface area contributed by atoms with Crippen molar-refractivity contribution in [3.63, 3.8) is 0 Å². The lowest BCUT2D eigenvalue weighted by Gasteiger charge is -2.44. The Morgan fingerprint density at radius 2 is 1.91 bits per heavy atom. The maximum absolute atomic E-state index is 12.4. The number of hydrogen-bond acceptors (Lipinski definition) is 2. The van der Waals surface area contributed by atoms with E-state index in [2.05, 4.69) is 35.0 Å². The van der Waals surface area contributed by atoms with Crippen LogP contribution in [0.4, 0.5) is 0 Å². The number of allylic oxidation sites excluding steroid dienone is 4. The lowest BCUT2D eigenvalue weighted by molar-refractivity contribution is -0.162. The SMILES string of the molecule is CC1C=C(Br)C=C2CCC3(CCC(C(=O)OC(C)(C)C)CC3)C21. The van der Waals surface area contributed by atoms with Crippen molar-refractivity contribution < 1.29 is 9.53 Å². The Bertz CT molecular complexity index is 544. The second-order valence-corrected chi connectivity index (χ2v) is 9.69. The maximum Gasteiger partial charge on any atom is 0.309 e. The molecule has 0 aromatic carbocycles. The van der Waals surface area contributed by atoms with Gasteiger partial charge in [0, 0.05) is 4.48 Å². The van der Waals surface area contributed by atoms with Crippen LogP contribution in [0.5, 0.6) is 0 Å². The molecule has 2 atom stereocenters. The molecule has 1 spiro atoms. The Hall–Kier alpha value is -0.570.